The zero-order chi connectivity index (χ0) is 14.3. The lowest BCUT2D eigenvalue weighted by atomic mass is 9.86. The van der Waals surface area contributed by atoms with E-state index >= 15 is 0 Å². The summed E-state index contributed by atoms with van der Waals surface area (Å²) >= 11 is 0. The van der Waals surface area contributed by atoms with Crippen LogP contribution in [-0.2, 0) is 14.8 Å². The molecule has 0 radical (unpaired) electrons. The molecule has 1 atom stereocenters. The Morgan fingerprint density at radius 1 is 1.40 bits per heavy atom. The molecule has 6 nitrogen and oxygen atoms in total. The van der Waals surface area contributed by atoms with Crippen molar-refractivity contribution in [2.24, 2.45) is 11.7 Å². The van der Waals surface area contributed by atoms with Crippen LogP contribution in [0.3, 0.4) is 0 Å². The Balaban J connectivity index is 0.00000361. The van der Waals surface area contributed by atoms with Gasteiger partial charge in [-0.1, -0.05) is 6.42 Å². The third-order valence-corrected chi connectivity index (χ3v) is 4.68. The molecule has 1 saturated carbocycles. The van der Waals surface area contributed by atoms with Gasteiger partial charge in [0.2, 0.25) is 15.9 Å². The van der Waals surface area contributed by atoms with E-state index in [1.807, 2.05) is 6.92 Å². The number of hydrogen-bond acceptors (Lipinski definition) is 4. The normalized spacial score (nSPS) is 16.9. The Labute approximate surface area is 127 Å². The smallest absolute Gasteiger partial charge is 0.220 e. The summed E-state index contributed by atoms with van der Waals surface area (Å²) in [7, 11) is -3.27. The van der Waals surface area contributed by atoms with Crippen molar-refractivity contribution in [3.63, 3.8) is 0 Å². The largest absolute Gasteiger partial charge is 0.355 e. The number of sulfonamides is 1. The molecule has 0 heterocycles. The molecular formula is C12H26ClN3O3S. The van der Waals surface area contributed by atoms with Gasteiger partial charge < -0.3 is 11.1 Å². The number of amides is 1. The van der Waals surface area contributed by atoms with Gasteiger partial charge in [-0.05, 0) is 32.1 Å². The summed E-state index contributed by atoms with van der Waals surface area (Å²) in [6.45, 7) is 2.51. The Morgan fingerprint density at radius 2 is 2.05 bits per heavy atom. The third kappa shape index (κ3) is 8.73. The minimum absolute atomic E-state index is 0. The van der Waals surface area contributed by atoms with Gasteiger partial charge in [0, 0.05) is 25.6 Å². The molecule has 0 aromatic heterocycles. The van der Waals surface area contributed by atoms with Crippen molar-refractivity contribution in [1.82, 2.24) is 10.0 Å². The van der Waals surface area contributed by atoms with Gasteiger partial charge in [0.1, 0.15) is 0 Å². The van der Waals surface area contributed by atoms with Crippen molar-refractivity contribution in [2.75, 3.05) is 18.8 Å². The Bertz CT molecular complexity index is 383. The number of rotatable bonds is 9. The van der Waals surface area contributed by atoms with E-state index in [1.165, 1.54) is 6.42 Å². The van der Waals surface area contributed by atoms with Crippen LogP contribution in [0.5, 0.6) is 0 Å². The van der Waals surface area contributed by atoms with E-state index in [-0.39, 0.29) is 36.7 Å². The quantitative estimate of drug-likeness (QED) is 0.569. The van der Waals surface area contributed by atoms with E-state index < -0.39 is 10.0 Å². The Hall–Kier alpha value is -0.370. The van der Waals surface area contributed by atoms with E-state index in [0.29, 0.717) is 25.3 Å². The molecule has 0 bridgehead atoms. The van der Waals surface area contributed by atoms with Crippen LogP contribution in [0.15, 0.2) is 0 Å². The van der Waals surface area contributed by atoms with Crippen molar-refractivity contribution in [2.45, 2.75) is 45.1 Å². The first-order chi connectivity index (χ1) is 8.89. The Kier molecular flexibility index (Phi) is 9.37. The molecule has 120 valence electrons. The molecule has 0 aromatic carbocycles. The van der Waals surface area contributed by atoms with Gasteiger partial charge in [-0.15, -0.1) is 12.4 Å². The van der Waals surface area contributed by atoms with Crippen molar-refractivity contribution < 1.29 is 13.2 Å². The van der Waals surface area contributed by atoms with Crippen LogP contribution in [0.1, 0.15) is 39.0 Å². The molecule has 0 saturated heterocycles. The lowest BCUT2D eigenvalue weighted by Gasteiger charge is -2.25. The number of hydrogen-bond donors (Lipinski definition) is 3. The van der Waals surface area contributed by atoms with Crippen LogP contribution in [0.25, 0.3) is 0 Å². The minimum Gasteiger partial charge on any atom is -0.355 e. The standard InChI is InChI=1S/C12H25N3O3S.ClH/c1-10(13)5-6-12(16)14-7-8-19(17,18)15-9-11-3-2-4-11;/h10-11,15H,2-9,13H2,1H3,(H,14,16);1H. The van der Waals surface area contributed by atoms with Crippen molar-refractivity contribution >= 4 is 28.3 Å². The maximum Gasteiger partial charge on any atom is 0.220 e. The summed E-state index contributed by atoms with van der Waals surface area (Å²) in [5.74, 6) is 0.283. The SMILES string of the molecule is CC(N)CCC(=O)NCCS(=O)(=O)NCC1CCC1.Cl. The number of carbonyl (C=O) groups is 1. The van der Waals surface area contributed by atoms with Crippen LogP contribution in [-0.4, -0.2) is 39.2 Å². The molecule has 1 aliphatic rings. The molecule has 4 N–H and O–H groups in total. The van der Waals surface area contributed by atoms with Gasteiger partial charge in [-0.3, -0.25) is 4.79 Å². The summed E-state index contributed by atoms with van der Waals surface area (Å²) in [5, 5.41) is 2.60. The topological polar surface area (TPSA) is 101 Å². The van der Waals surface area contributed by atoms with Crippen molar-refractivity contribution in [3.8, 4) is 0 Å². The van der Waals surface area contributed by atoms with E-state index in [0.717, 1.165) is 12.8 Å². The second-order valence-corrected chi connectivity index (χ2v) is 7.26. The van der Waals surface area contributed by atoms with Gasteiger partial charge in [-0.25, -0.2) is 13.1 Å². The van der Waals surface area contributed by atoms with Crippen LogP contribution in [0, 0.1) is 5.92 Å². The van der Waals surface area contributed by atoms with Gasteiger partial charge in [0.15, 0.2) is 0 Å². The summed E-state index contributed by atoms with van der Waals surface area (Å²) in [5.41, 5.74) is 5.54. The summed E-state index contributed by atoms with van der Waals surface area (Å²) in [6, 6.07) is -0.0152. The fourth-order valence-electron chi connectivity index (χ4n) is 1.79. The summed E-state index contributed by atoms with van der Waals surface area (Å²) in [4.78, 5) is 11.4. The van der Waals surface area contributed by atoms with E-state index in [1.54, 1.807) is 0 Å². The number of carbonyl (C=O) groups excluding carboxylic acids is 1. The second kappa shape index (κ2) is 9.55. The molecule has 0 spiro atoms. The average Bonchev–Trinajstić information content (AvgIpc) is 2.23. The van der Waals surface area contributed by atoms with Gasteiger partial charge in [0.05, 0.1) is 5.75 Å². The van der Waals surface area contributed by atoms with Crippen molar-refractivity contribution in [3.05, 3.63) is 0 Å². The fraction of sp³-hybridized carbons (Fsp3) is 0.917. The number of nitrogens with one attached hydrogen (secondary N) is 2. The van der Waals surface area contributed by atoms with E-state index in [2.05, 4.69) is 10.0 Å². The van der Waals surface area contributed by atoms with Gasteiger partial charge in [0.25, 0.3) is 0 Å². The predicted molar refractivity (Wildman–Crippen MR) is 82.3 cm³/mol. The van der Waals surface area contributed by atoms with Gasteiger partial charge in [-0.2, -0.15) is 0 Å². The maximum atomic E-state index is 11.6. The number of halogens is 1. The molecule has 0 aliphatic heterocycles. The number of nitrogens with two attached hydrogens (primary N) is 1. The molecule has 1 amide bonds. The molecule has 0 aromatic rings. The van der Waals surface area contributed by atoms with Crippen LogP contribution >= 0.6 is 12.4 Å². The van der Waals surface area contributed by atoms with E-state index in [9.17, 15) is 13.2 Å². The Morgan fingerprint density at radius 3 is 2.55 bits per heavy atom. The zero-order valence-corrected chi connectivity index (χ0v) is 13.6. The highest BCUT2D eigenvalue weighted by atomic mass is 35.5. The van der Waals surface area contributed by atoms with E-state index in [4.69, 9.17) is 5.73 Å². The van der Waals surface area contributed by atoms with Gasteiger partial charge >= 0.3 is 0 Å². The lowest BCUT2D eigenvalue weighted by Crippen LogP contribution is -2.37. The third-order valence-electron chi connectivity index (χ3n) is 3.34. The predicted octanol–water partition coefficient (Wildman–Crippen LogP) is 0.371. The van der Waals surface area contributed by atoms with Crippen LogP contribution in [0.4, 0.5) is 0 Å². The highest BCUT2D eigenvalue weighted by molar-refractivity contribution is 7.89. The highest BCUT2D eigenvalue weighted by Crippen LogP contribution is 2.25. The first-order valence-corrected chi connectivity index (χ1v) is 8.54. The molecule has 1 aliphatic carbocycles. The van der Waals surface area contributed by atoms with Crippen LogP contribution in [0.2, 0.25) is 0 Å². The molecule has 1 fully saturated rings. The molecular weight excluding hydrogens is 302 g/mol. The summed E-state index contributed by atoms with van der Waals surface area (Å²) in [6.07, 6.45) is 4.36. The second-order valence-electron chi connectivity index (χ2n) is 5.33. The van der Waals surface area contributed by atoms with Crippen molar-refractivity contribution in [1.29, 1.82) is 0 Å². The minimum atomic E-state index is -3.27. The monoisotopic (exact) mass is 327 g/mol. The fourth-order valence-corrected chi connectivity index (χ4v) is 2.79. The molecule has 20 heavy (non-hydrogen) atoms. The van der Waals surface area contributed by atoms with Crippen LogP contribution < -0.4 is 15.8 Å². The first kappa shape index (κ1) is 19.6. The average molecular weight is 328 g/mol. The molecule has 1 rings (SSSR count). The first-order valence-electron chi connectivity index (χ1n) is 6.88. The maximum absolute atomic E-state index is 11.6. The molecule has 1 unspecified atom stereocenters. The lowest BCUT2D eigenvalue weighted by molar-refractivity contribution is -0.121. The highest BCUT2D eigenvalue weighted by Gasteiger charge is 2.20. The zero-order valence-electron chi connectivity index (χ0n) is 11.9. The molecule has 8 heteroatoms. The summed E-state index contributed by atoms with van der Waals surface area (Å²) < 4.78 is 25.9.